The van der Waals surface area contributed by atoms with Gasteiger partial charge in [0.15, 0.2) is 0 Å². The molecule has 0 radical (unpaired) electrons. The number of halogens is 1. The van der Waals surface area contributed by atoms with Crippen molar-refractivity contribution in [2.75, 3.05) is 19.0 Å². The molecule has 1 saturated heterocycles. The topological polar surface area (TPSA) is 12.5 Å². The standard InChI is InChI=1S/C22H36ClNO/c1-2-3-4-5-6-7-8-9-10-14-17-24-19-21(18-23)25-22(24)20-15-12-11-13-16-20/h11-13,15-16,21-22H,2-10,14,17-19H2,1H3. The zero-order chi connectivity index (χ0) is 17.7. The number of benzene rings is 1. The molecule has 2 rings (SSSR count). The maximum atomic E-state index is 6.15. The van der Waals surface area contributed by atoms with Gasteiger partial charge in [-0.15, -0.1) is 11.6 Å². The van der Waals surface area contributed by atoms with Gasteiger partial charge in [-0.2, -0.15) is 0 Å². The number of unbranched alkanes of at least 4 members (excludes halogenated alkanes) is 9. The van der Waals surface area contributed by atoms with Crippen molar-refractivity contribution in [3.05, 3.63) is 35.9 Å². The average molecular weight is 366 g/mol. The highest BCUT2D eigenvalue weighted by Gasteiger charge is 2.32. The molecule has 1 aromatic carbocycles. The van der Waals surface area contributed by atoms with E-state index in [4.69, 9.17) is 16.3 Å². The first-order valence-corrected chi connectivity index (χ1v) is 10.9. The molecule has 0 aromatic heterocycles. The van der Waals surface area contributed by atoms with E-state index in [2.05, 4.69) is 42.2 Å². The predicted octanol–water partition coefficient (Wildman–Crippen LogP) is 6.55. The van der Waals surface area contributed by atoms with Crippen LogP contribution in [0.25, 0.3) is 0 Å². The Kier molecular flexibility index (Phi) is 10.6. The first-order chi connectivity index (χ1) is 12.3. The molecule has 0 spiro atoms. The van der Waals surface area contributed by atoms with E-state index in [1.165, 1.54) is 69.8 Å². The summed E-state index contributed by atoms with van der Waals surface area (Å²) in [6.07, 6.45) is 14.1. The van der Waals surface area contributed by atoms with Gasteiger partial charge in [-0.05, 0) is 12.0 Å². The molecule has 0 aliphatic carbocycles. The minimum Gasteiger partial charge on any atom is -0.353 e. The molecule has 0 amide bonds. The summed E-state index contributed by atoms with van der Waals surface area (Å²) >= 11 is 6.04. The lowest BCUT2D eigenvalue weighted by molar-refractivity contribution is 0.00499. The Hall–Kier alpha value is -0.570. The third-order valence-corrected chi connectivity index (χ3v) is 5.49. The summed E-state index contributed by atoms with van der Waals surface area (Å²) in [7, 11) is 0. The maximum absolute atomic E-state index is 6.15. The summed E-state index contributed by atoms with van der Waals surface area (Å²) in [6.45, 7) is 4.35. The monoisotopic (exact) mass is 365 g/mol. The van der Waals surface area contributed by atoms with Crippen LogP contribution in [0.1, 0.15) is 82.9 Å². The Morgan fingerprint density at radius 2 is 1.52 bits per heavy atom. The Labute approximate surface area is 159 Å². The van der Waals surface area contributed by atoms with Crippen LogP contribution in [0.2, 0.25) is 0 Å². The minimum absolute atomic E-state index is 0.0866. The van der Waals surface area contributed by atoms with E-state index in [1.54, 1.807) is 0 Å². The second-order valence-electron chi connectivity index (χ2n) is 7.35. The van der Waals surface area contributed by atoms with Gasteiger partial charge in [0.05, 0.1) is 6.10 Å². The van der Waals surface area contributed by atoms with Crippen LogP contribution in [0.15, 0.2) is 30.3 Å². The van der Waals surface area contributed by atoms with Gasteiger partial charge in [-0.25, -0.2) is 0 Å². The van der Waals surface area contributed by atoms with E-state index in [1.807, 2.05) is 0 Å². The van der Waals surface area contributed by atoms with Crippen molar-refractivity contribution in [1.29, 1.82) is 0 Å². The molecule has 1 aliphatic rings. The summed E-state index contributed by atoms with van der Waals surface area (Å²) < 4.78 is 6.15. The third-order valence-electron chi connectivity index (χ3n) is 5.15. The van der Waals surface area contributed by atoms with Crippen molar-refractivity contribution < 1.29 is 4.74 Å². The van der Waals surface area contributed by atoms with Crippen molar-refractivity contribution in [3.63, 3.8) is 0 Å². The number of rotatable bonds is 13. The Bertz CT molecular complexity index is 439. The van der Waals surface area contributed by atoms with E-state index >= 15 is 0 Å². The Morgan fingerprint density at radius 3 is 2.12 bits per heavy atom. The summed E-state index contributed by atoms with van der Waals surface area (Å²) in [5.74, 6) is 0.581. The lowest BCUT2D eigenvalue weighted by Gasteiger charge is -2.23. The van der Waals surface area contributed by atoms with Crippen molar-refractivity contribution >= 4 is 11.6 Å². The Balaban J connectivity index is 1.60. The van der Waals surface area contributed by atoms with Crippen molar-refractivity contribution in [2.24, 2.45) is 0 Å². The third kappa shape index (κ3) is 7.68. The van der Waals surface area contributed by atoms with Gasteiger partial charge < -0.3 is 4.74 Å². The number of nitrogens with zero attached hydrogens (tertiary/aromatic N) is 1. The van der Waals surface area contributed by atoms with Crippen LogP contribution in [0.3, 0.4) is 0 Å². The van der Waals surface area contributed by atoms with Crippen molar-refractivity contribution in [3.8, 4) is 0 Å². The molecule has 0 saturated carbocycles. The number of ether oxygens (including phenoxy) is 1. The zero-order valence-electron chi connectivity index (χ0n) is 16.0. The molecular weight excluding hydrogens is 330 g/mol. The van der Waals surface area contributed by atoms with E-state index in [9.17, 15) is 0 Å². The van der Waals surface area contributed by atoms with Crippen molar-refractivity contribution in [2.45, 2.75) is 83.5 Å². The van der Waals surface area contributed by atoms with Gasteiger partial charge in [0, 0.05) is 19.0 Å². The highest BCUT2D eigenvalue weighted by molar-refractivity contribution is 6.18. The van der Waals surface area contributed by atoms with Crippen LogP contribution in [-0.4, -0.2) is 30.0 Å². The number of hydrogen-bond acceptors (Lipinski definition) is 2. The Morgan fingerprint density at radius 1 is 0.920 bits per heavy atom. The fraction of sp³-hybridized carbons (Fsp3) is 0.727. The maximum Gasteiger partial charge on any atom is 0.137 e. The van der Waals surface area contributed by atoms with Gasteiger partial charge >= 0.3 is 0 Å². The molecule has 0 N–H and O–H groups in total. The molecular formula is C22H36ClNO. The summed E-state index contributed by atoms with van der Waals surface area (Å²) in [4.78, 5) is 2.47. The van der Waals surface area contributed by atoms with Crippen LogP contribution >= 0.6 is 11.6 Å². The predicted molar refractivity (Wildman–Crippen MR) is 108 cm³/mol. The SMILES string of the molecule is CCCCCCCCCCCCN1CC(CCl)OC1c1ccccc1. The lowest BCUT2D eigenvalue weighted by atomic mass is 10.1. The van der Waals surface area contributed by atoms with E-state index in [0.717, 1.165) is 13.1 Å². The highest BCUT2D eigenvalue weighted by Crippen LogP contribution is 2.30. The molecule has 1 fully saturated rings. The molecule has 2 unspecified atom stereocenters. The molecule has 25 heavy (non-hydrogen) atoms. The normalized spacial score (nSPS) is 21.0. The molecule has 3 heteroatoms. The summed E-state index contributed by atoms with van der Waals surface area (Å²) in [5.41, 5.74) is 1.25. The van der Waals surface area contributed by atoms with Crippen LogP contribution < -0.4 is 0 Å². The largest absolute Gasteiger partial charge is 0.353 e. The molecule has 0 bridgehead atoms. The smallest absolute Gasteiger partial charge is 0.137 e. The molecule has 2 atom stereocenters. The number of hydrogen-bond donors (Lipinski definition) is 0. The lowest BCUT2D eigenvalue weighted by Crippen LogP contribution is -2.26. The quantitative estimate of drug-likeness (QED) is 0.290. The average Bonchev–Trinajstić information content (AvgIpc) is 3.07. The van der Waals surface area contributed by atoms with Gasteiger partial charge in [-0.1, -0.05) is 95.0 Å². The second-order valence-corrected chi connectivity index (χ2v) is 7.66. The number of alkyl halides is 1. The van der Waals surface area contributed by atoms with Crippen LogP contribution in [0.5, 0.6) is 0 Å². The van der Waals surface area contributed by atoms with E-state index in [0.29, 0.717) is 5.88 Å². The van der Waals surface area contributed by atoms with Crippen molar-refractivity contribution in [1.82, 2.24) is 4.90 Å². The molecule has 142 valence electrons. The van der Waals surface area contributed by atoms with E-state index in [-0.39, 0.29) is 12.3 Å². The van der Waals surface area contributed by atoms with Gasteiger partial charge in [0.25, 0.3) is 0 Å². The van der Waals surface area contributed by atoms with Crippen LogP contribution in [0.4, 0.5) is 0 Å². The van der Waals surface area contributed by atoms with Gasteiger partial charge in [-0.3, -0.25) is 4.90 Å². The highest BCUT2D eigenvalue weighted by atomic mass is 35.5. The molecule has 1 aliphatic heterocycles. The second kappa shape index (κ2) is 12.7. The first kappa shape index (κ1) is 20.7. The zero-order valence-corrected chi connectivity index (χ0v) is 16.7. The molecule has 1 aromatic rings. The summed E-state index contributed by atoms with van der Waals surface area (Å²) in [6, 6.07) is 10.6. The van der Waals surface area contributed by atoms with Gasteiger partial charge in [0.1, 0.15) is 6.23 Å². The molecule has 1 heterocycles. The minimum atomic E-state index is 0.0866. The van der Waals surface area contributed by atoms with E-state index < -0.39 is 0 Å². The van der Waals surface area contributed by atoms with Gasteiger partial charge in [0.2, 0.25) is 0 Å². The first-order valence-electron chi connectivity index (χ1n) is 10.4. The van der Waals surface area contributed by atoms with Crippen LogP contribution in [-0.2, 0) is 4.74 Å². The molecule has 2 nitrogen and oxygen atoms in total. The van der Waals surface area contributed by atoms with Crippen LogP contribution in [0, 0.1) is 0 Å². The summed E-state index contributed by atoms with van der Waals surface area (Å²) in [5, 5.41) is 0. The fourth-order valence-corrected chi connectivity index (χ4v) is 3.84. The fourth-order valence-electron chi connectivity index (χ4n) is 3.67.